The van der Waals surface area contributed by atoms with Crippen LogP contribution in [0.4, 0.5) is 5.13 Å². The van der Waals surface area contributed by atoms with Gasteiger partial charge in [0.25, 0.3) is 5.89 Å². The van der Waals surface area contributed by atoms with E-state index < -0.39 is 0 Å². The van der Waals surface area contributed by atoms with Crippen LogP contribution in [0.15, 0.2) is 4.52 Å². The minimum absolute atomic E-state index is 0.538. The van der Waals surface area contributed by atoms with E-state index >= 15 is 0 Å². The number of nitrogens with zero attached hydrogens (tertiary/aromatic N) is 3. The summed E-state index contributed by atoms with van der Waals surface area (Å²) < 4.78 is 5.27. The average molecular weight is 250 g/mol. The van der Waals surface area contributed by atoms with Crippen LogP contribution in [0.25, 0.3) is 10.8 Å². The van der Waals surface area contributed by atoms with E-state index in [2.05, 4.69) is 15.1 Å². The minimum Gasteiger partial charge on any atom is -0.375 e. The average Bonchev–Trinajstić information content (AvgIpc) is 2.79. The Morgan fingerprint density at radius 2 is 2.24 bits per heavy atom. The molecule has 0 bridgehead atoms. The van der Waals surface area contributed by atoms with Gasteiger partial charge < -0.3 is 10.3 Å². The van der Waals surface area contributed by atoms with Crippen molar-refractivity contribution < 1.29 is 4.52 Å². The van der Waals surface area contributed by atoms with Crippen LogP contribution in [0, 0.1) is 12.8 Å². The molecule has 0 spiro atoms. The maximum atomic E-state index is 5.65. The molecule has 1 fully saturated rings. The second-order valence-electron chi connectivity index (χ2n) is 4.48. The van der Waals surface area contributed by atoms with Gasteiger partial charge in [0.1, 0.15) is 4.88 Å². The van der Waals surface area contributed by atoms with E-state index in [4.69, 9.17) is 10.3 Å². The summed E-state index contributed by atoms with van der Waals surface area (Å²) >= 11 is 1.39. The molecule has 0 aromatic carbocycles. The van der Waals surface area contributed by atoms with Crippen molar-refractivity contribution in [1.82, 2.24) is 15.1 Å². The molecule has 17 heavy (non-hydrogen) atoms. The van der Waals surface area contributed by atoms with Gasteiger partial charge in [0.15, 0.2) is 11.0 Å². The normalized spacial score (nSPS) is 16.1. The van der Waals surface area contributed by atoms with Crippen LogP contribution in [0.1, 0.15) is 30.8 Å². The molecular formula is C11H14N4OS. The van der Waals surface area contributed by atoms with E-state index in [1.165, 1.54) is 30.6 Å². The van der Waals surface area contributed by atoms with Gasteiger partial charge in [-0.2, -0.15) is 4.98 Å². The highest BCUT2D eigenvalue weighted by molar-refractivity contribution is 7.18. The van der Waals surface area contributed by atoms with Gasteiger partial charge in [-0.15, -0.1) is 0 Å². The van der Waals surface area contributed by atoms with Gasteiger partial charge in [-0.05, 0) is 12.8 Å². The van der Waals surface area contributed by atoms with Gasteiger partial charge in [0.05, 0.1) is 5.69 Å². The van der Waals surface area contributed by atoms with Gasteiger partial charge in [0, 0.05) is 6.42 Å². The number of aryl methyl sites for hydroxylation is 1. The molecule has 1 aliphatic carbocycles. The van der Waals surface area contributed by atoms with Crippen molar-refractivity contribution in [3.8, 4) is 10.8 Å². The lowest BCUT2D eigenvalue weighted by atomic mass is 9.83. The summed E-state index contributed by atoms with van der Waals surface area (Å²) in [6, 6.07) is 0. The maximum absolute atomic E-state index is 5.65. The summed E-state index contributed by atoms with van der Waals surface area (Å²) in [6.45, 7) is 1.90. The maximum Gasteiger partial charge on any atom is 0.269 e. The van der Waals surface area contributed by atoms with Crippen LogP contribution in [-0.2, 0) is 6.42 Å². The predicted molar refractivity (Wildman–Crippen MR) is 65.6 cm³/mol. The Balaban J connectivity index is 1.81. The summed E-state index contributed by atoms with van der Waals surface area (Å²) in [5, 5.41) is 4.55. The highest BCUT2D eigenvalue weighted by Gasteiger charge is 2.21. The third-order valence-corrected chi connectivity index (χ3v) is 4.15. The summed E-state index contributed by atoms with van der Waals surface area (Å²) in [6.07, 6.45) is 4.84. The van der Waals surface area contributed by atoms with Crippen LogP contribution < -0.4 is 5.73 Å². The molecular weight excluding hydrogens is 236 g/mol. The summed E-state index contributed by atoms with van der Waals surface area (Å²) in [4.78, 5) is 9.45. The first-order chi connectivity index (χ1) is 8.22. The van der Waals surface area contributed by atoms with Gasteiger partial charge >= 0.3 is 0 Å². The lowest BCUT2D eigenvalue weighted by Crippen LogP contribution is -2.14. The fraction of sp³-hybridized carbons (Fsp3) is 0.545. The first-order valence-electron chi connectivity index (χ1n) is 5.78. The number of rotatable bonds is 3. The van der Waals surface area contributed by atoms with E-state index in [-0.39, 0.29) is 0 Å². The van der Waals surface area contributed by atoms with Crippen molar-refractivity contribution in [3.05, 3.63) is 11.5 Å². The number of nitrogens with two attached hydrogens (primary N) is 1. The monoisotopic (exact) mass is 250 g/mol. The van der Waals surface area contributed by atoms with Crippen molar-refractivity contribution in [3.63, 3.8) is 0 Å². The fourth-order valence-corrected chi connectivity index (χ4v) is 2.76. The molecule has 0 atom stereocenters. The van der Waals surface area contributed by atoms with Crippen LogP contribution >= 0.6 is 11.3 Å². The first kappa shape index (κ1) is 10.7. The number of thiazole rings is 1. The molecule has 6 heteroatoms. The molecule has 2 N–H and O–H groups in total. The number of hydrogen-bond acceptors (Lipinski definition) is 6. The van der Waals surface area contributed by atoms with Crippen LogP contribution in [0.2, 0.25) is 0 Å². The molecule has 1 saturated carbocycles. The highest BCUT2D eigenvalue weighted by atomic mass is 32.1. The Hall–Kier alpha value is -1.43. The second kappa shape index (κ2) is 4.10. The molecule has 2 aromatic rings. The quantitative estimate of drug-likeness (QED) is 0.905. The number of aromatic nitrogens is 3. The third-order valence-electron chi connectivity index (χ3n) is 3.17. The first-order valence-corrected chi connectivity index (χ1v) is 6.60. The molecule has 2 aromatic heterocycles. The molecule has 0 aliphatic heterocycles. The molecule has 2 heterocycles. The van der Waals surface area contributed by atoms with Crippen LogP contribution in [0.3, 0.4) is 0 Å². The Morgan fingerprint density at radius 1 is 1.41 bits per heavy atom. The van der Waals surface area contributed by atoms with Crippen LogP contribution in [0.5, 0.6) is 0 Å². The molecule has 90 valence electrons. The zero-order chi connectivity index (χ0) is 11.8. The molecule has 0 amide bonds. The zero-order valence-electron chi connectivity index (χ0n) is 9.64. The van der Waals surface area contributed by atoms with Gasteiger partial charge in [-0.1, -0.05) is 35.8 Å². The smallest absolute Gasteiger partial charge is 0.269 e. The second-order valence-corrected chi connectivity index (χ2v) is 5.51. The summed E-state index contributed by atoms with van der Waals surface area (Å²) in [5.74, 6) is 2.09. The topological polar surface area (TPSA) is 77.8 Å². The molecule has 0 unspecified atom stereocenters. The minimum atomic E-state index is 0.538. The summed E-state index contributed by atoms with van der Waals surface area (Å²) in [7, 11) is 0. The Morgan fingerprint density at radius 3 is 2.82 bits per heavy atom. The SMILES string of the molecule is Cc1nc(N)sc1-c1nc(CC2CCC2)no1. The third kappa shape index (κ3) is 2.04. The molecule has 5 nitrogen and oxygen atoms in total. The lowest BCUT2D eigenvalue weighted by molar-refractivity contribution is 0.304. The summed E-state index contributed by atoms with van der Waals surface area (Å²) in [5.41, 5.74) is 6.51. The van der Waals surface area contributed by atoms with E-state index in [9.17, 15) is 0 Å². The Bertz CT molecular complexity index is 529. The zero-order valence-corrected chi connectivity index (χ0v) is 10.5. The number of anilines is 1. The fourth-order valence-electron chi connectivity index (χ4n) is 2.00. The van der Waals surface area contributed by atoms with Gasteiger partial charge in [-0.25, -0.2) is 4.98 Å². The van der Waals surface area contributed by atoms with Crippen molar-refractivity contribution in [2.45, 2.75) is 32.6 Å². The van der Waals surface area contributed by atoms with Crippen LogP contribution in [-0.4, -0.2) is 15.1 Å². The lowest BCUT2D eigenvalue weighted by Gasteiger charge is -2.23. The largest absolute Gasteiger partial charge is 0.375 e. The standard InChI is InChI=1S/C11H14N4OS/c1-6-9(17-11(12)13-6)10-14-8(15-16-10)5-7-3-2-4-7/h7H,2-5H2,1H3,(H2,12,13). The van der Waals surface area contributed by atoms with Gasteiger partial charge in [0.2, 0.25) is 0 Å². The predicted octanol–water partition coefficient (Wildman–Crippen LogP) is 2.43. The van der Waals surface area contributed by atoms with Crippen molar-refractivity contribution in [2.24, 2.45) is 5.92 Å². The molecule has 1 aliphatic rings. The molecule has 0 radical (unpaired) electrons. The highest BCUT2D eigenvalue weighted by Crippen LogP contribution is 2.32. The van der Waals surface area contributed by atoms with Crippen molar-refractivity contribution in [1.29, 1.82) is 0 Å². The molecule has 0 saturated heterocycles. The van der Waals surface area contributed by atoms with Gasteiger partial charge in [-0.3, -0.25) is 0 Å². The van der Waals surface area contributed by atoms with E-state index in [0.29, 0.717) is 11.0 Å². The van der Waals surface area contributed by atoms with Crippen molar-refractivity contribution in [2.75, 3.05) is 5.73 Å². The Labute approximate surface area is 103 Å². The Kier molecular flexibility index (Phi) is 2.58. The van der Waals surface area contributed by atoms with Crippen molar-refractivity contribution >= 4 is 16.5 Å². The van der Waals surface area contributed by atoms with E-state index in [1.807, 2.05) is 6.92 Å². The number of hydrogen-bond donors (Lipinski definition) is 1. The van der Waals surface area contributed by atoms with E-state index in [1.54, 1.807) is 0 Å². The molecule has 3 rings (SSSR count). The number of nitrogen functional groups attached to an aromatic ring is 1. The van der Waals surface area contributed by atoms with E-state index in [0.717, 1.165) is 28.7 Å².